The van der Waals surface area contributed by atoms with Gasteiger partial charge in [0.1, 0.15) is 5.82 Å². The first-order chi connectivity index (χ1) is 8.25. The second kappa shape index (κ2) is 3.82. The van der Waals surface area contributed by atoms with E-state index in [-0.39, 0.29) is 0 Å². The van der Waals surface area contributed by atoms with Crippen LogP contribution in [0.3, 0.4) is 0 Å². The number of thiophene rings is 1. The summed E-state index contributed by atoms with van der Waals surface area (Å²) in [5.74, 6) is 1.24. The highest BCUT2D eigenvalue weighted by molar-refractivity contribution is 7.08. The first-order valence-corrected chi connectivity index (χ1v) is 6.25. The minimum atomic E-state index is 0.542. The quantitative estimate of drug-likeness (QED) is 0.711. The summed E-state index contributed by atoms with van der Waals surface area (Å²) in [6.07, 6.45) is 0. The second-order valence-electron chi connectivity index (χ2n) is 3.92. The number of hydrogen-bond donors (Lipinski definition) is 1. The molecule has 3 aromatic rings. The zero-order valence-electron chi connectivity index (χ0n) is 9.34. The maximum atomic E-state index is 5.98. The zero-order valence-corrected chi connectivity index (χ0v) is 10.2. The van der Waals surface area contributed by atoms with Crippen molar-refractivity contribution in [2.45, 2.75) is 6.92 Å². The van der Waals surface area contributed by atoms with Crippen LogP contribution in [0, 0.1) is 6.92 Å². The minimum absolute atomic E-state index is 0.542. The molecule has 3 nitrogen and oxygen atoms in total. The van der Waals surface area contributed by atoms with E-state index in [1.165, 1.54) is 0 Å². The molecule has 0 amide bonds. The van der Waals surface area contributed by atoms with Gasteiger partial charge in [-0.25, -0.2) is 9.97 Å². The molecule has 0 aliphatic carbocycles. The molecule has 2 N–H and O–H groups in total. The van der Waals surface area contributed by atoms with Crippen LogP contribution in [0.4, 0.5) is 5.82 Å². The Morgan fingerprint density at radius 3 is 2.82 bits per heavy atom. The van der Waals surface area contributed by atoms with Gasteiger partial charge in [0.05, 0.1) is 5.52 Å². The number of nitrogens with two attached hydrogens (primary N) is 1. The van der Waals surface area contributed by atoms with Crippen molar-refractivity contribution in [3.8, 4) is 11.4 Å². The van der Waals surface area contributed by atoms with Gasteiger partial charge in [-0.15, -0.1) is 0 Å². The van der Waals surface area contributed by atoms with Crippen LogP contribution < -0.4 is 5.73 Å². The fourth-order valence-corrected chi connectivity index (χ4v) is 2.47. The summed E-state index contributed by atoms with van der Waals surface area (Å²) >= 11 is 1.63. The molecule has 3 rings (SSSR count). The Morgan fingerprint density at radius 1 is 1.18 bits per heavy atom. The van der Waals surface area contributed by atoms with Gasteiger partial charge >= 0.3 is 0 Å². The van der Waals surface area contributed by atoms with Crippen molar-refractivity contribution < 1.29 is 0 Å². The SMILES string of the molecule is Cc1cccc2c(N)nc(-c3ccsc3)nc12. The van der Waals surface area contributed by atoms with Gasteiger partial charge in [-0.2, -0.15) is 11.3 Å². The first-order valence-electron chi connectivity index (χ1n) is 5.31. The molecular formula is C13H11N3S. The number of rotatable bonds is 1. The number of para-hydroxylation sites is 1. The number of aromatic nitrogens is 2. The van der Waals surface area contributed by atoms with Crippen molar-refractivity contribution in [3.63, 3.8) is 0 Å². The van der Waals surface area contributed by atoms with E-state index in [0.29, 0.717) is 11.6 Å². The molecule has 2 aromatic heterocycles. The van der Waals surface area contributed by atoms with Crippen LogP contribution in [0.1, 0.15) is 5.56 Å². The number of hydrogen-bond acceptors (Lipinski definition) is 4. The number of aryl methyl sites for hydroxylation is 1. The van der Waals surface area contributed by atoms with Crippen molar-refractivity contribution in [3.05, 3.63) is 40.6 Å². The summed E-state index contributed by atoms with van der Waals surface area (Å²) in [6.45, 7) is 2.03. The van der Waals surface area contributed by atoms with Crippen LogP contribution in [-0.2, 0) is 0 Å². The maximum Gasteiger partial charge on any atom is 0.162 e. The Bertz CT molecular complexity index is 674. The molecule has 0 atom stereocenters. The Labute approximate surface area is 103 Å². The van der Waals surface area contributed by atoms with E-state index in [1.807, 2.05) is 41.9 Å². The summed E-state index contributed by atoms with van der Waals surface area (Å²) in [5.41, 5.74) is 9.05. The number of anilines is 1. The van der Waals surface area contributed by atoms with Crippen molar-refractivity contribution >= 4 is 28.1 Å². The van der Waals surface area contributed by atoms with E-state index in [9.17, 15) is 0 Å². The van der Waals surface area contributed by atoms with Crippen LogP contribution in [0.2, 0.25) is 0 Å². The highest BCUT2D eigenvalue weighted by Crippen LogP contribution is 2.25. The molecule has 0 aliphatic heterocycles. The molecule has 0 spiro atoms. The Morgan fingerprint density at radius 2 is 2.06 bits per heavy atom. The zero-order chi connectivity index (χ0) is 11.8. The third-order valence-electron chi connectivity index (χ3n) is 2.74. The van der Waals surface area contributed by atoms with Gasteiger partial charge in [0.25, 0.3) is 0 Å². The monoisotopic (exact) mass is 241 g/mol. The number of nitrogen functional groups attached to an aromatic ring is 1. The molecule has 0 saturated heterocycles. The number of nitrogens with zero attached hydrogens (tertiary/aromatic N) is 2. The largest absolute Gasteiger partial charge is 0.383 e. The van der Waals surface area contributed by atoms with E-state index < -0.39 is 0 Å². The average molecular weight is 241 g/mol. The smallest absolute Gasteiger partial charge is 0.162 e. The Hall–Kier alpha value is -1.94. The lowest BCUT2D eigenvalue weighted by Gasteiger charge is -2.06. The lowest BCUT2D eigenvalue weighted by Crippen LogP contribution is -1.98. The van der Waals surface area contributed by atoms with Gasteiger partial charge < -0.3 is 5.73 Å². The lowest BCUT2D eigenvalue weighted by molar-refractivity contribution is 1.23. The first kappa shape index (κ1) is 10.2. The topological polar surface area (TPSA) is 51.8 Å². The molecule has 1 aromatic carbocycles. The normalized spacial score (nSPS) is 10.9. The second-order valence-corrected chi connectivity index (χ2v) is 4.70. The van der Waals surface area contributed by atoms with E-state index in [4.69, 9.17) is 5.73 Å². The predicted octanol–water partition coefficient (Wildman–Crippen LogP) is 3.25. The van der Waals surface area contributed by atoms with Crippen molar-refractivity contribution in [2.24, 2.45) is 0 Å². The average Bonchev–Trinajstić information content (AvgIpc) is 2.84. The summed E-state index contributed by atoms with van der Waals surface area (Å²) in [6, 6.07) is 7.96. The predicted molar refractivity (Wildman–Crippen MR) is 72.0 cm³/mol. The highest BCUT2D eigenvalue weighted by atomic mass is 32.1. The molecule has 0 aliphatic rings. The summed E-state index contributed by atoms with van der Waals surface area (Å²) in [5, 5.41) is 4.96. The summed E-state index contributed by atoms with van der Waals surface area (Å²) in [4.78, 5) is 8.95. The fraction of sp³-hybridized carbons (Fsp3) is 0.0769. The highest BCUT2D eigenvalue weighted by Gasteiger charge is 2.08. The van der Waals surface area contributed by atoms with Crippen LogP contribution in [0.15, 0.2) is 35.0 Å². The molecule has 0 radical (unpaired) electrons. The number of benzene rings is 1. The van der Waals surface area contributed by atoms with Gasteiger partial charge in [0, 0.05) is 16.3 Å². The van der Waals surface area contributed by atoms with Gasteiger partial charge in [-0.05, 0) is 30.0 Å². The molecule has 0 unspecified atom stereocenters. The lowest BCUT2D eigenvalue weighted by atomic mass is 10.1. The molecule has 17 heavy (non-hydrogen) atoms. The third kappa shape index (κ3) is 1.66. The molecule has 0 saturated carbocycles. The molecule has 84 valence electrons. The molecule has 0 fully saturated rings. The van der Waals surface area contributed by atoms with Crippen LogP contribution in [0.25, 0.3) is 22.3 Å². The van der Waals surface area contributed by atoms with E-state index in [2.05, 4.69) is 9.97 Å². The van der Waals surface area contributed by atoms with Crippen LogP contribution in [-0.4, -0.2) is 9.97 Å². The molecule has 2 heterocycles. The van der Waals surface area contributed by atoms with Gasteiger partial charge in [-0.3, -0.25) is 0 Å². The summed E-state index contributed by atoms with van der Waals surface area (Å²) in [7, 11) is 0. The Kier molecular flexibility index (Phi) is 2.30. The van der Waals surface area contributed by atoms with Gasteiger partial charge in [0.2, 0.25) is 0 Å². The van der Waals surface area contributed by atoms with Crippen molar-refractivity contribution in [1.29, 1.82) is 0 Å². The summed E-state index contributed by atoms with van der Waals surface area (Å²) < 4.78 is 0. The van der Waals surface area contributed by atoms with E-state index in [0.717, 1.165) is 22.0 Å². The molecular weight excluding hydrogens is 230 g/mol. The van der Waals surface area contributed by atoms with Gasteiger partial charge in [-0.1, -0.05) is 12.1 Å². The van der Waals surface area contributed by atoms with E-state index in [1.54, 1.807) is 11.3 Å². The number of fused-ring (bicyclic) bond motifs is 1. The maximum absolute atomic E-state index is 5.98. The van der Waals surface area contributed by atoms with Crippen LogP contribution >= 0.6 is 11.3 Å². The van der Waals surface area contributed by atoms with Crippen molar-refractivity contribution in [1.82, 2.24) is 9.97 Å². The molecule has 0 bridgehead atoms. The van der Waals surface area contributed by atoms with E-state index >= 15 is 0 Å². The minimum Gasteiger partial charge on any atom is -0.383 e. The van der Waals surface area contributed by atoms with Crippen LogP contribution in [0.5, 0.6) is 0 Å². The molecule has 4 heteroatoms. The third-order valence-corrected chi connectivity index (χ3v) is 3.42. The standard InChI is InChI=1S/C13H11N3S/c1-8-3-2-4-10-11(8)15-13(16-12(10)14)9-5-6-17-7-9/h2-7H,1H3,(H2,14,15,16). The van der Waals surface area contributed by atoms with Gasteiger partial charge in [0.15, 0.2) is 5.82 Å². The fourth-order valence-electron chi connectivity index (χ4n) is 1.84. The van der Waals surface area contributed by atoms with Crippen molar-refractivity contribution in [2.75, 3.05) is 5.73 Å². The Balaban J connectivity index is 2.34.